The normalized spacial score (nSPS) is 13.8. The Morgan fingerprint density at radius 2 is 2.00 bits per heavy atom. The number of carbonyl (C=O) groups excluding carboxylic acids is 1. The highest BCUT2D eigenvalue weighted by molar-refractivity contribution is 5.72. The van der Waals surface area contributed by atoms with Crippen LogP contribution in [0.2, 0.25) is 0 Å². The summed E-state index contributed by atoms with van der Waals surface area (Å²) >= 11 is 0. The molecule has 0 amide bonds. The van der Waals surface area contributed by atoms with E-state index in [0.717, 1.165) is 6.92 Å². The quantitative estimate of drug-likeness (QED) is 0.627. The summed E-state index contributed by atoms with van der Waals surface area (Å²) < 4.78 is 30.1. The first kappa shape index (κ1) is 13.3. The van der Waals surface area contributed by atoms with E-state index >= 15 is 0 Å². The van der Waals surface area contributed by atoms with Crippen LogP contribution >= 0.6 is 0 Å². The molecule has 1 unspecified atom stereocenters. The lowest BCUT2D eigenvalue weighted by atomic mass is 9.97. The Balaban J connectivity index is 4.21. The topological polar surface area (TPSA) is 26.3 Å². The van der Waals surface area contributed by atoms with Crippen molar-refractivity contribution in [1.29, 1.82) is 0 Å². The molecule has 0 fully saturated rings. The Labute approximate surface area is 83.6 Å². The molecule has 84 valence electrons. The second-order valence-corrected chi connectivity index (χ2v) is 3.51. The van der Waals surface area contributed by atoms with Gasteiger partial charge in [-0.05, 0) is 20.3 Å². The average Bonchev–Trinajstić information content (AvgIpc) is 2.01. The Hall–Kier alpha value is -0.670. The van der Waals surface area contributed by atoms with Crippen LogP contribution in [0, 0.1) is 5.92 Å². The van der Waals surface area contributed by atoms with Crippen molar-refractivity contribution in [3.8, 4) is 0 Å². The van der Waals surface area contributed by atoms with Crippen LogP contribution in [-0.2, 0) is 9.53 Å². The molecule has 0 aromatic rings. The van der Waals surface area contributed by atoms with Crippen molar-refractivity contribution in [2.45, 2.75) is 46.0 Å². The summed E-state index contributed by atoms with van der Waals surface area (Å²) in [6.45, 7) is 4.61. The largest absolute Gasteiger partial charge is 0.466 e. The van der Waals surface area contributed by atoms with E-state index in [1.54, 1.807) is 6.92 Å². The van der Waals surface area contributed by atoms with E-state index in [0.29, 0.717) is 12.8 Å². The van der Waals surface area contributed by atoms with Gasteiger partial charge in [-0.3, -0.25) is 4.79 Å². The van der Waals surface area contributed by atoms with E-state index in [2.05, 4.69) is 0 Å². The summed E-state index contributed by atoms with van der Waals surface area (Å²) in [6, 6.07) is 0. The van der Waals surface area contributed by atoms with Gasteiger partial charge in [0.15, 0.2) is 0 Å². The Morgan fingerprint density at radius 3 is 2.36 bits per heavy atom. The van der Waals surface area contributed by atoms with Gasteiger partial charge in [0.25, 0.3) is 0 Å². The number of alkyl halides is 2. The molecule has 0 bridgehead atoms. The zero-order chi connectivity index (χ0) is 11.2. The van der Waals surface area contributed by atoms with Crippen LogP contribution in [0.4, 0.5) is 8.78 Å². The Bertz CT molecular complexity index is 175. The van der Waals surface area contributed by atoms with Gasteiger partial charge >= 0.3 is 5.97 Å². The van der Waals surface area contributed by atoms with Gasteiger partial charge in [0.1, 0.15) is 0 Å². The molecule has 0 aliphatic heterocycles. The molecule has 0 N–H and O–H groups in total. The molecule has 0 radical (unpaired) electrons. The third kappa shape index (κ3) is 5.89. The maximum atomic E-state index is 12.7. The maximum Gasteiger partial charge on any atom is 0.309 e. The molecule has 0 aromatic heterocycles. The number of esters is 1. The summed E-state index contributed by atoms with van der Waals surface area (Å²) in [5.41, 5.74) is 0. The van der Waals surface area contributed by atoms with E-state index in [4.69, 9.17) is 4.74 Å². The standard InChI is InChI=1S/C10H18F2O2/c1-4-6-8(7-10(3,11)12)9(13)14-5-2/h8H,4-7H2,1-3H3. The van der Waals surface area contributed by atoms with Crippen molar-refractivity contribution in [2.75, 3.05) is 6.61 Å². The lowest BCUT2D eigenvalue weighted by Crippen LogP contribution is -2.25. The second kappa shape index (κ2) is 5.94. The molecular weight excluding hydrogens is 190 g/mol. The van der Waals surface area contributed by atoms with Crippen molar-refractivity contribution in [2.24, 2.45) is 5.92 Å². The Morgan fingerprint density at radius 1 is 1.43 bits per heavy atom. The van der Waals surface area contributed by atoms with Crippen LogP contribution in [0.3, 0.4) is 0 Å². The van der Waals surface area contributed by atoms with Gasteiger partial charge in [-0.25, -0.2) is 8.78 Å². The smallest absolute Gasteiger partial charge is 0.309 e. The minimum absolute atomic E-state index is 0.244. The summed E-state index contributed by atoms with van der Waals surface area (Å²) in [4.78, 5) is 11.3. The second-order valence-electron chi connectivity index (χ2n) is 3.51. The molecule has 0 heterocycles. The van der Waals surface area contributed by atoms with Crippen molar-refractivity contribution in [3.63, 3.8) is 0 Å². The summed E-state index contributed by atoms with van der Waals surface area (Å²) in [7, 11) is 0. The predicted octanol–water partition coefficient (Wildman–Crippen LogP) is 3.01. The fourth-order valence-corrected chi connectivity index (χ4v) is 1.34. The van der Waals surface area contributed by atoms with E-state index in [9.17, 15) is 13.6 Å². The number of rotatable bonds is 6. The highest BCUT2D eigenvalue weighted by Crippen LogP contribution is 2.26. The van der Waals surface area contributed by atoms with Crippen LogP contribution < -0.4 is 0 Å². The molecule has 14 heavy (non-hydrogen) atoms. The Kier molecular flexibility index (Phi) is 5.65. The van der Waals surface area contributed by atoms with Crippen LogP contribution in [0.25, 0.3) is 0 Å². The first-order chi connectivity index (χ1) is 6.40. The highest BCUT2D eigenvalue weighted by Gasteiger charge is 2.31. The average molecular weight is 208 g/mol. The molecule has 4 heteroatoms. The molecule has 0 rings (SSSR count). The van der Waals surface area contributed by atoms with E-state index in [1.807, 2.05) is 6.92 Å². The first-order valence-electron chi connectivity index (χ1n) is 4.95. The van der Waals surface area contributed by atoms with Crippen LogP contribution in [0.5, 0.6) is 0 Å². The SMILES string of the molecule is CCCC(CC(C)(F)F)C(=O)OCC. The van der Waals surface area contributed by atoms with E-state index < -0.39 is 24.2 Å². The lowest BCUT2D eigenvalue weighted by Gasteiger charge is -2.18. The van der Waals surface area contributed by atoms with Crippen LogP contribution in [0.1, 0.15) is 40.0 Å². The number of hydrogen-bond acceptors (Lipinski definition) is 2. The lowest BCUT2D eigenvalue weighted by molar-refractivity contribution is -0.151. The number of hydrogen-bond donors (Lipinski definition) is 0. The molecule has 2 nitrogen and oxygen atoms in total. The summed E-state index contributed by atoms with van der Waals surface area (Å²) in [6.07, 6.45) is 0.751. The number of ether oxygens (including phenoxy) is 1. The van der Waals surface area contributed by atoms with Crippen molar-refractivity contribution in [1.82, 2.24) is 0 Å². The van der Waals surface area contributed by atoms with Crippen molar-refractivity contribution in [3.05, 3.63) is 0 Å². The zero-order valence-corrected chi connectivity index (χ0v) is 8.98. The molecule has 1 atom stereocenters. The van der Waals surface area contributed by atoms with Crippen LogP contribution in [0.15, 0.2) is 0 Å². The van der Waals surface area contributed by atoms with Gasteiger partial charge in [-0.15, -0.1) is 0 Å². The van der Waals surface area contributed by atoms with Gasteiger partial charge < -0.3 is 4.74 Å². The van der Waals surface area contributed by atoms with Crippen molar-refractivity contribution >= 4 is 5.97 Å². The molecule has 0 aromatic carbocycles. The molecule has 0 saturated carbocycles. The minimum Gasteiger partial charge on any atom is -0.466 e. The van der Waals surface area contributed by atoms with Gasteiger partial charge in [-0.2, -0.15) is 0 Å². The van der Waals surface area contributed by atoms with Gasteiger partial charge in [0.2, 0.25) is 5.92 Å². The van der Waals surface area contributed by atoms with Crippen LogP contribution in [-0.4, -0.2) is 18.5 Å². The summed E-state index contributed by atoms with van der Waals surface area (Å²) in [5, 5.41) is 0. The maximum absolute atomic E-state index is 12.7. The van der Waals surface area contributed by atoms with Gasteiger partial charge in [-0.1, -0.05) is 13.3 Å². The molecule has 0 spiro atoms. The monoisotopic (exact) mass is 208 g/mol. The third-order valence-electron chi connectivity index (χ3n) is 1.86. The number of halogens is 2. The predicted molar refractivity (Wildman–Crippen MR) is 50.3 cm³/mol. The molecule has 0 aliphatic rings. The summed E-state index contributed by atoms with van der Waals surface area (Å²) in [5.74, 6) is -3.97. The zero-order valence-electron chi connectivity index (χ0n) is 8.98. The third-order valence-corrected chi connectivity index (χ3v) is 1.86. The van der Waals surface area contributed by atoms with Crippen molar-refractivity contribution < 1.29 is 18.3 Å². The molecular formula is C10H18F2O2. The van der Waals surface area contributed by atoms with Gasteiger partial charge in [0, 0.05) is 6.42 Å². The number of carbonyl (C=O) groups is 1. The highest BCUT2D eigenvalue weighted by atomic mass is 19.3. The minimum atomic E-state index is -2.80. The first-order valence-corrected chi connectivity index (χ1v) is 4.95. The fraction of sp³-hybridized carbons (Fsp3) is 0.900. The van der Waals surface area contributed by atoms with E-state index in [-0.39, 0.29) is 6.61 Å². The molecule has 0 saturated heterocycles. The molecule has 0 aliphatic carbocycles. The van der Waals surface area contributed by atoms with E-state index in [1.165, 1.54) is 0 Å². The van der Waals surface area contributed by atoms with Gasteiger partial charge in [0.05, 0.1) is 12.5 Å². The fourth-order valence-electron chi connectivity index (χ4n) is 1.34.